The van der Waals surface area contributed by atoms with Crippen LogP contribution in [0.3, 0.4) is 0 Å². The average molecular weight is 268 g/mol. The van der Waals surface area contributed by atoms with E-state index in [0.29, 0.717) is 12.8 Å². The summed E-state index contributed by atoms with van der Waals surface area (Å²) in [5, 5.41) is 10.2. The fourth-order valence-corrected chi connectivity index (χ4v) is 4.59. The highest BCUT2D eigenvalue weighted by molar-refractivity contribution is 7.91. The Bertz CT molecular complexity index is 514. The Morgan fingerprint density at radius 1 is 1.28 bits per heavy atom. The lowest BCUT2D eigenvalue weighted by atomic mass is 9.94. The number of hydrogen-bond acceptors (Lipinski definition) is 3. The molecule has 1 saturated heterocycles. The summed E-state index contributed by atoms with van der Waals surface area (Å²) in [6, 6.07) is 6.20. The minimum absolute atomic E-state index is 0.101. The first-order valence-electron chi connectivity index (χ1n) is 6.31. The molecule has 1 aliphatic heterocycles. The number of aliphatic hydroxyl groups excluding tert-OH is 1. The van der Waals surface area contributed by atoms with Crippen molar-refractivity contribution < 1.29 is 13.5 Å². The number of aryl methyl sites for hydroxylation is 2. The van der Waals surface area contributed by atoms with Gasteiger partial charge in [0, 0.05) is 5.92 Å². The van der Waals surface area contributed by atoms with Crippen LogP contribution >= 0.6 is 0 Å². The third kappa shape index (κ3) is 3.33. The molecule has 18 heavy (non-hydrogen) atoms. The van der Waals surface area contributed by atoms with Gasteiger partial charge >= 0.3 is 0 Å². The number of sulfone groups is 1. The molecule has 1 aliphatic rings. The lowest BCUT2D eigenvalue weighted by Gasteiger charge is -2.17. The fraction of sp³-hybridized carbons (Fsp3) is 0.571. The zero-order valence-corrected chi connectivity index (χ0v) is 11.7. The molecule has 0 saturated carbocycles. The number of rotatable bonds is 3. The summed E-state index contributed by atoms with van der Waals surface area (Å²) in [6.07, 6.45) is 0.584. The molecular formula is C14H20O3S. The van der Waals surface area contributed by atoms with Gasteiger partial charge in [-0.05, 0) is 32.3 Å². The van der Waals surface area contributed by atoms with Gasteiger partial charge in [0.2, 0.25) is 0 Å². The number of aliphatic hydroxyl groups is 1. The van der Waals surface area contributed by atoms with Crippen LogP contribution < -0.4 is 0 Å². The van der Waals surface area contributed by atoms with E-state index in [-0.39, 0.29) is 17.4 Å². The third-order valence-electron chi connectivity index (χ3n) is 3.54. The van der Waals surface area contributed by atoms with E-state index in [4.69, 9.17) is 0 Å². The summed E-state index contributed by atoms with van der Waals surface area (Å²) in [6.45, 7) is 4.06. The highest BCUT2D eigenvalue weighted by Gasteiger charge is 2.32. The molecule has 1 N–H and O–H groups in total. The van der Waals surface area contributed by atoms with Gasteiger partial charge in [0.1, 0.15) is 0 Å². The zero-order chi connectivity index (χ0) is 13.3. The van der Waals surface area contributed by atoms with Crippen LogP contribution in [0.5, 0.6) is 0 Å². The molecule has 0 radical (unpaired) electrons. The molecule has 1 aromatic rings. The van der Waals surface area contributed by atoms with Crippen molar-refractivity contribution in [2.24, 2.45) is 5.92 Å². The molecule has 4 heteroatoms. The number of benzene rings is 1. The molecule has 1 fully saturated rings. The third-order valence-corrected chi connectivity index (χ3v) is 5.33. The van der Waals surface area contributed by atoms with Gasteiger partial charge in [-0.1, -0.05) is 29.3 Å². The molecule has 0 aromatic heterocycles. The predicted molar refractivity (Wildman–Crippen MR) is 72.4 cm³/mol. The standard InChI is InChI=1S/C14H20O3S/c1-10-5-11(2)7-12(6-10)8-14(15)13-3-4-18(16,17)9-13/h5-7,13-15H,3-4,8-9H2,1-2H3. The maximum atomic E-state index is 11.4. The Morgan fingerprint density at radius 2 is 1.89 bits per heavy atom. The highest BCUT2D eigenvalue weighted by Crippen LogP contribution is 2.24. The van der Waals surface area contributed by atoms with Crippen molar-refractivity contribution >= 4 is 9.84 Å². The molecule has 2 atom stereocenters. The maximum absolute atomic E-state index is 11.4. The SMILES string of the molecule is Cc1cc(C)cc(CC(O)C2CCS(=O)(=O)C2)c1. The van der Waals surface area contributed by atoms with Crippen molar-refractivity contribution in [3.63, 3.8) is 0 Å². The Labute approximate surface area is 109 Å². The summed E-state index contributed by atoms with van der Waals surface area (Å²) >= 11 is 0. The summed E-state index contributed by atoms with van der Waals surface area (Å²) in [7, 11) is -2.91. The summed E-state index contributed by atoms with van der Waals surface area (Å²) in [5.74, 6) is 0.261. The van der Waals surface area contributed by atoms with Crippen LogP contribution in [0.15, 0.2) is 18.2 Å². The van der Waals surface area contributed by atoms with Gasteiger partial charge in [-0.3, -0.25) is 0 Å². The Hall–Kier alpha value is -0.870. The van der Waals surface area contributed by atoms with Gasteiger partial charge in [-0.2, -0.15) is 0 Å². The molecule has 0 aliphatic carbocycles. The molecule has 3 nitrogen and oxygen atoms in total. The van der Waals surface area contributed by atoms with Crippen molar-refractivity contribution in [3.05, 3.63) is 34.9 Å². The van der Waals surface area contributed by atoms with Crippen molar-refractivity contribution in [1.29, 1.82) is 0 Å². The molecule has 1 heterocycles. The molecule has 1 aromatic carbocycles. The summed E-state index contributed by atoms with van der Waals surface area (Å²) in [5.41, 5.74) is 3.44. The van der Waals surface area contributed by atoms with E-state index in [1.165, 1.54) is 11.1 Å². The number of hydrogen-bond donors (Lipinski definition) is 1. The van der Waals surface area contributed by atoms with Gasteiger partial charge in [0.05, 0.1) is 17.6 Å². The van der Waals surface area contributed by atoms with E-state index in [9.17, 15) is 13.5 Å². The maximum Gasteiger partial charge on any atom is 0.150 e. The van der Waals surface area contributed by atoms with Gasteiger partial charge in [-0.25, -0.2) is 8.42 Å². The summed E-state index contributed by atoms with van der Waals surface area (Å²) in [4.78, 5) is 0. The predicted octanol–water partition coefficient (Wildman–Crippen LogP) is 1.64. The van der Waals surface area contributed by atoms with Crippen molar-refractivity contribution in [1.82, 2.24) is 0 Å². The van der Waals surface area contributed by atoms with E-state index in [2.05, 4.69) is 18.2 Å². The Morgan fingerprint density at radius 3 is 2.39 bits per heavy atom. The van der Waals surface area contributed by atoms with Crippen LogP contribution in [-0.4, -0.2) is 31.1 Å². The fourth-order valence-electron chi connectivity index (χ4n) is 2.72. The smallest absolute Gasteiger partial charge is 0.150 e. The van der Waals surface area contributed by atoms with Gasteiger partial charge in [-0.15, -0.1) is 0 Å². The topological polar surface area (TPSA) is 54.4 Å². The lowest BCUT2D eigenvalue weighted by Crippen LogP contribution is -2.24. The first kappa shape index (κ1) is 13.6. The van der Waals surface area contributed by atoms with Crippen molar-refractivity contribution in [2.75, 3.05) is 11.5 Å². The zero-order valence-electron chi connectivity index (χ0n) is 10.9. The van der Waals surface area contributed by atoms with Crippen LogP contribution in [-0.2, 0) is 16.3 Å². The van der Waals surface area contributed by atoms with E-state index in [0.717, 1.165) is 5.56 Å². The van der Waals surface area contributed by atoms with Crippen LogP contribution in [0.25, 0.3) is 0 Å². The normalized spacial score (nSPS) is 24.1. The van der Waals surface area contributed by atoms with Crippen LogP contribution in [0.1, 0.15) is 23.1 Å². The summed E-state index contributed by atoms with van der Waals surface area (Å²) < 4.78 is 22.8. The quantitative estimate of drug-likeness (QED) is 0.906. The van der Waals surface area contributed by atoms with Crippen LogP contribution in [0, 0.1) is 19.8 Å². The first-order chi connectivity index (χ1) is 8.35. The van der Waals surface area contributed by atoms with Crippen LogP contribution in [0.4, 0.5) is 0 Å². The van der Waals surface area contributed by atoms with Gasteiger partial charge in [0.15, 0.2) is 9.84 Å². The second-order valence-electron chi connectivity index (χ2n) is 5.43. The van der Waals surface area contributed by atoms with Gasteiger partial charge < -0.3 is 5.11 Å². The first-order valence-corrected chi connectivity index (χ1v) is 8.13. The molecule has 2 rings (SSSR count). The van der Waals surface area contributed by atoms with Gasteiger partial charge in [0.25, 0.3) is 0 Å². The van der Waals surface area contributed by atoms with E-state index < -0.39 is 15.9 Å². The molecule has 0 spiro atoms. The second-order valence-corrected chi connectivity index (χ2v) is 7.66. The minimum Gasteiger partial charge on any atom is -0.392 e. The average Bonchev–Trinajstić information content (AvgIpc) is 2.57. The monoisotopic (exact) mass is 268 g/mol. The lowest BCUT2D eigenvalue weighted by molar-refractivity contribution is 0.120. The second kappa shape index (κ2) is 5.02. The van der Waals surface area contributed by atoms with Crippen molar-refractivity contribution in [3.8, 4) is 0 Å². The Kier molecular flexibility index (Phi) is 3.78. The van der Waals surface area contributed by atoms with Crippen molar-refractivity contribution in [2.45, 2.75) is 32.8 Å². The highest BCUT2D eigenvalue weighted by atomic mass is 32.2. The molecule has 100 valence electrons. The van der Waals surface area contributed by atoms with Crippen LogP contribution in [0.2, 0.25) is 0 Å². The van der Waals surface area contributed by atoms with E-state index >= 15 is 0 Å². The molecular weight excluding hydrogens is 248 g/mol. The largest absolute Gasteiger partial charge is 0.392 e. The Balaban J connectivity index is 2.05. The molecule has 0 bridgehead atoms. The molecule has 0 amide bonds. The van der Waals surface area contributed by atoms with E-state index in [1.54, 1.807) is 0 Å². The minimum atomic E-state index is -2.91. The van der Waals surface area contributed by atoms with E-state index in [1.807, 2.05) is 13.8 Å². The molecule has 2 unspecified atom stereocenters.